The van der Waals surface area contributed by atoms with Crippen LogP contribution in [0.1, 0.15) is 77.1 Å². The summed E-state index contributed by atoms with van der Waals surface area (Å²) in [6, 6.07) is 6.06. The van der Waals surface area contributed by atoms with E-state index in [2.05, 4.69) is 22.2 Å². The molecular formula is C30H42N4O4S. The van der Waals surface area contributed by atoms with Gasteiger partial charge >= 0.3 is 0 Å². The monoisotopic (exact) mass is 554 g/mol. The Bertz CT molecular complexity index is 1150. The zero-order valence-corrected chi connectivity index (χ0v) is 24.5. The number of aliphatic hydroxyl groups is 1. The standard InChI is InChI=1S/C30H42N4O4S/c1-7-8-9-10-11-25(36)33-27(30(4,5)6)29(38)34-17-23(35)16-24(34)28(37)32-19(2)21-12-14-22(15-13-21)26-20(3)31-18-39-26/h7,12-15,18-19,23-24,27,35H,1,8-11,16-17H2,2-6H3,(H,32,37)(H,33,36). The van der Waals surface area contributed by atoms with Gasteiger partial charge in [0.15, 0.2) is 0 Å². The van der Waals surface area contributed by atoms with Crippen LogP contribution in [0, 0.1) is 12.3 Å². The second-order valence-electron chi connectivity index (χ2n) is 11.4. The van der Waals surface area contributed by atoms with Gasteiger partial charge < -0.3 is 20.6 Å². The summed E-state index contributed by atoms with van der Waals surface area (Å²) in [6.45, 7) is 13.3. The van der Waals surface area contributed by atoms with Gasteiger partial charge in [-0.3, -0.25) is 14.4 Å². The number of thiazole rings is 1. The van der Waals surface area contributed by atoms with E-state index < -0.39 is 23.6 Å². The van der Waals surface area contributed by atoms with E-state index in [0.29, 0.717) is 12.8 Å². The van der Waals surface area contributed by atoms with E-state index in [1.54, 1.807) is 11.3 Å². The molecule has 1 saturated heterocycles. The molecule has 8 nitrogen and oxygen atoms in total. The molecule has 0 bridgehead atoms. The summed E-state index contributed by atoms with van der Waals surface area (Å²) in [6.07, 6.45) is 3.89. The molecule has 0 spiro atoms. The minimum atomic E-state index is -0.816. The van der Waals surface area contributed by atoms with Gasteiger partial charge in [-0.05, 0) is 49.7 Å². The van der Waals surface area contributed by atoms with Crippen LogP contribution in [0.15, 0.2) is 42.4 Å². The van der Waals surface area contributed by atoms with Gasteiger partial charge in [-0.2, -0.15) is 0 Å². The molecule has 1 aromatic carbocycles. The predicted molar refractivity (Wildman–Crippen MR) is 155 cm³/mol. The van der Waals surface area contributed by atoms with Crippen LogP contribution in [0.4, 0.5) is 0 Å². The maximum Gasteiger partial charge on any atom is 0.246 e. The van der Waals surface area contributed by atoms with E-state index in [-0.39, 0.29) is 36.7 Å². The third-order valence-corrected chi connectivity index (χ3v) is 8.10. The van der Waals surface area contributed by atoms with Crippen LogP contribution in [0.2, 0.25) is 0 Å². The molecule has 1 aromatic heterocycles. The molecule has 39 heavy (non-hydrogen) atoms. The molecule has 1 fully saturated rings. The number of unbranched alkanes of at least 4 members (excludes halogenated alkanes) is 2. The summed E-state index contributed by atoms with van der Waals surface area (Å²) in [4.78, 5) is 46.6. The second-order valence-corrected chi connectivity index (χ2v) is 12.3. The van der Waals surface area contributed by atoms with Crippen molar-refractivity contribution in [2.24, 2.45) is 5.41 Å². The number of nitrogens with one attached hydrogen (secondary N) is 2. The van der Waals surface area contributed by atoms with Gasteiger partial charge in [0.05, 0.1) is 28.2 Å². The number of aryl methyl sites for hydroxylation is 1. The van der Waals surface area contributed by atoms with Gasteiger partial charge in [0.25, 0.3) is 0 Å². The van der Waals surface area contributed by atoms with Crippen molar-refractivity contribution in [3.63, 3.8) is 0 Å². The highest BCUT2D eigenvalue weighted by Crippen LogP contribution is 2.29. The summed E-state index contributed by atoms with van der Waals surface area (Å²) in [5.41, 5.74) is 4.24. The predicted octanol–water partition coefficient (Wildman–Crippen LogP) is 4.53. The molecule has 4 atom stereocenters. The van der Waals surface area contributed by atoms with E-state index in [1.165, 1.54) is 4.90 Å². The molecule has 1 aliphatic heterocycles. The number of β-amino-alcohol motifs (C(OH)–C–C–N with tert-alkyl or cyclic N) is 1. The van der Waals surface area contributed by atoms with Crippen LogP contribution in [-0.4, -0.2) is 57.4 Å². The first-order chi connectivity index (χ1) is 18.4. The average molecular weight is 555 g/mol. The van der Waals surface area contributed by atoms with Crippen LogP contribution in [0.25, 0.3) is 10.4 Å². The SMILES string of the molecule is C=CCCCCC(=O)NC(C(=O)N1CC(O)CC1C(=O)NC(C)c1ccc(-c2scnc2C)cc1)C(C)(C)C. The van der Waals surface area contributed by atoms with E-state index in [1.807, 2.05) is 70.5 Å². The molecule has 0 aliphatic carbocycles. The van der Waals surface area contributed by atoms with Crippen LogP contribution < -0.4 is 10.6 Å². The molecule has 4 unspecified atom stereocenters. The van der Waals surface area contributed by atoms with Crippen molar-refractivity contribution < 1.29 is 19.5 Å². The first kappa shape index (κ1) is 30.5. The van der Waals surface area contributed by atoms with Crippen molar-refractivity contribution in [3.8, 4) is 10.4 Å². The molecule has 0 saturated carbocycles. The second kappa shape index (κ2) is 13.3. The molecule has 2 heterocycles. The largest absolute Gasteiger partial charge is 0.391 e. The van der Waals surface area contributed by atoms with Gasteiger partial charge in [0.2, 0.25) is 17.7 Å². The maximum atomic E-state index is 13.7. The molecule has 2 aromatic rings. The Morgan fingerprint density at radius 3 is 2.49 bits per heavy atom. The summed E-state index contributed by atoms with van der Waals surface area (Å²) in [5.74, 6) is -0.868. The molecule has 9 heteroatoms. The number of aromatic nitrogens is 1. The molecule has 3 rings (SSSR count). The highest BCUT2D eigenvalue weighted by atomic mass is 32.1. The number of nitrogens with zero attached hydrogens (tertiary/aromatic N) is 2. The molecule has 3 N–H and O–H groups in total. The topological polar surface area (TPSA) is 112 Å². The van der Waals surface area contributed by atoms with Crippen molar-refractivity contribution in [1.29, 1.82) is 0 Å². The summed E-state index contributed by atoms with van der Waals surface area (Å²) >= 11 is 1.59. The third kappa shape index (κ3) is 7.99. The molecule has 3 amide bonds. The fourth-order valence-electron chi connectivity index (χ4n) is 4.82. The van der Waals surface area contributed by atoms with Crippen molar-refractivity contribution >= 4 is 29.1 Å². The number of carbonyl (C=O) groups excluding carboxylic acids is 3. The summed E-state index contributed by atoms with van der Waals surface area (Å²) < 4.78 is 0. The lowest BCUT2D eigenvalue weighted by atomic mass is 9.85. The molecular weight excluding hydrogens is 512 g/mol. The average Bonchev–Trinajstić information content (AvgIpc) is 3.49. The van der Waals surface area contributed by atoms with Crippen LogP contribution >= 0.6 is 11.3 Å². The lowest BCUT2D eigenvalue weighted by molar-refractivity contribution is -0.144. The Morgan fingerprint density at radius 2 is 1.90 bits per heavy atom. The fraction of sp³-hybridized carbons (Fsp3) is 0.533. The zero-order valence-electron chi connectivity index (χ0n) is 23.7. The highest BCUT2D eigenvalue weighted by Gasteiger charge is 2.44. The first-order valence-corrected chi connectivity index (χ1v) is 14.5. The maximum absolute atomic E-state index is 13.7. The lowest BCUT2D eigenvalue weighted by Gasteiger charge is -2.35. The minimum absolute atomic E-state index is 0.0516. The smallest absolute Gasteiger partial charge is 0.246 e. The third-order valence-electron chi connectivity index (χ3n) is 7.12. The Kier molecular flexibility index (Phi) is 10.4. The van der Waals surface area contributed by atoms with Crippen LogP contribution in [0.5, 0.6) is 0 Å². The number of benzene rings is 1. The Hall–Kier alpha value is -3.04. The Morgan fingerprint density at radius 1 is 1.21 bits per heavy atom. The Labute approximate surface area is 235 Å². The number of hydrogen-bond donors (Lipinski definition) is 3. The van der Waals surface area contributed by atoms with Crippen LogP contribution in [0.3, 0.4) is 0 Å². The van der Waals surface area contributed by atoms with Crippen molar-refractivity contribution in [3.05, 3.63) is 53.7 Å². The summed E-state index contributed by atoms with van der Waals surface area (Å²) in [5, 5.41) is 16.3. The van der Waals surface area contributed by atoms with Crippen molar-refractivity contribution in [1.82, 2.24) is 20.5 Å². The van der Waals surface area contributed by atoms with Gasteiger partial charge in [0.1, 0.15) is 12.1 Å². The van der Waals surface area contributed by atoms with Crippen LogP contribution in [-0.2, 0) is 14.4 Å². The fourth-order valence-corrected chi connectivity index (χ4v) is 5.63. The van der Waals surface area contributed by atoms with Crippen molar-refractivity contribution in [2.45, 2.75) is 91.0 Å². The lowest BCUT2D eigenvalue weighted by Crippen LogP contribution is -2.57. The zero-order chi connectivity index (χ0) is 28.7. The first-order valence-electron chi connectivity index (χ1n) is 13.6. The number of aliphatic hydroxyl groups excluding tert-OH is 1. The molecule has 0 radical (unpaired) electrons. The number of amides is 3. The number of likely N-dealkylation sites (tertiary alicyclic amines) is 1. The number of hydrogen-bond acceptors (Lipinski definition) is 6. The quantitative estimate of drug-likeness (QED) is 0.279. The Balaban J connectivity index is 1.68. The normalized spacial score (nSPS) is 18.9. The number of rotatable bonds is 11. The molecule has 1 aliphatic rings. The van der Waals surface area contributed by atoms with E-state index in [4.69, 9.17) is 0 Å². The number of carbonyl (C=O) groups is 3. The van der Waals surface area contributed by atoms with Gasteiger partial charge in [-0.15, -0.1) is 17.9 Å². The molecule has 212 valence electrons. The van der Waals surface area contributed by atoms with Gasteiger partial charge in [-0.25, -0.2) is 4.98 Å². The van der Waals surface area contributed by atoms with E-state index in [0.717, 1.165) is 34.5 Å². The van der Waals surface area contributed by atoms with Crippen molar-refractivity contribution in [2.75, 3.05) is 6.54 Å². The van der Waals surface area contributed by atoms with E-state index in [9.17, 15) is 19.5 Å². The summed E-state index contributed by atoms with van der Waals surface area (Å²) in [7, 11) is 0. The van der Waals surface area contributed by atoms with Gasteiger partial charge in [0, 0.05) is 19.4 Å². The number of allylic oxidation sites excluding steroid dienone is 1. The van der Waals surface area contributed by atoms with Gasteiger partial charge in [-0.1, -0.05) is 51.1 Å². The minimum Gasteiger partial charge on any atom is -0.391 e. The highest BCUT2D eigenvalue weighted by molar-refractivity contribution is 7.13. The van der Waals surface area contributed by atoms with E-state index >= 15 is 0 Å².